The summed E-state index contributed by atoms with van der Waals surface area (Å²) in [5.41, 5.74) is 26.5. The average molecular weight is 910 g/mol. The third kappa shape index (κ3) is 4.50. The number of fused-ring (bicyclic) bond motifs is 7. The first-order valence-corrected chi connectivity index (χ1v) is 23.0. The molecule has 0 fully saturated rings. The maximum Gasteiger partial charge on any atom is 0.0991 e. The molecule has 2 bridgehead atoms. The molecule has 0 heterocycles. The van der Waals surface area contributed by atoms with Gasteiger partial charge in [-0.2, -0.15) is 5.26 Å². The van der Waals surface area contributed by atoms with Crippen molar-refractivity contribution < 1.29 is 0 Å². The van der Waals surface area contributed by atoms with Crippen molar-refractivity contribution in [2.75, 3.05) is 0 Å². The average Bonchev–Trinajstić information content (AvgIpc) is 3.51. The molecule has 14 rings (SSSR count). The monoisotopic (exact) mass is 907 g/mol. The van der Waals surface area contributed by atoms with Gasteiger partial charge in [0.25, 0.3) is 0 Å². The summed E-state index contributed by atoms with van der Waals surface area (Å²) in [4.78, 5) is 0. The molecule has 0 saturated heterocycles. The molecule has 1 nitrogen and oxygen atoms in total. The summed E-state index contributed by atoms with van der Waals surface area (Å²) < 4.78 is 2.37. The molecular weight excluding hydrogens is 870 g/mol. The van der Waals surface area contributed by atoms with Gasteiger partial charge in [0.1, 0.15) is 0 Å². The molecular formula is C58H39Br2N. The minimum absolute atomic E-state index is 0.0719. The zero-order chi connectivity index (χ0) is 41.1. The summed E-state index contributed by atoms with van der Waals surface area (Å²) in [6.07, 6.45) is 0. The van der Waals surface area contributed by atoms with E-state index in [0.717, 1.165) is 5.56 Å². The molecule has 0 aliphatic heterocycles. The third-order valence-corrected chi connectivity index (χ3v) is 16.6. The maximum absolute atomic E-state index is 9.79. The second kappa shape index (κ2) is 12.4. The Bertz CT molecular complexity index is 3290. The van der Waals surface area contributed by atoms with Crippen LogP contribution in [0.1, 0.15) is 122 Å². The van der Waals surface area contributed by atoms with Crippen LogP contribution in [0.25, 0.3) is 33.4 Å². The Morgan fingerprint density at radius 2 is 1.02 bits per heavy atom. The van der Waals surface area contributed by atoms with Crippen molar-refractivity contribution in [3.8, 4) is 39.4 Å². The molecule has 0 aromatic heterocycles. The Kier molecular flexibility index (Phi) is 7.31. The fourth-order valence-corrected chi connectivity index (χ4v) is 14.0. The Balaban J connectivity index is 1.03. The first-order valence-electron chi connectivity index (χ1n) is 21.4. The predicted octanol–water partition coefficient (Wildman–Crippen LogP) is 15.3. The number of benzene rings is 8. The van der Waals surface area contributed by atoms with Crippen molar-refractivity contribution in [2.24, 2.45) is 0 Å². The van der Waals surface area contributed by atoms with Gasteiger partial charge in [-0.15, -0.1) is 0 Å². The van der Waals surface area contributed by atoms with E-state index in [9.17, 15) is 5.26 Å². The van der Waals surface area contributed by atoms with E-state index in [1.807, 2.05) is 12.1 Å². The Hall–Kier alpha value is -5.79. The van der Waals surface area contributed by atoms with E-state index in [-0.39, 0.29) is 34.5 Å². The highest BCUT2D eigenvalue weighted by molar-refractivity contribution is 9.11. The number of nitrogens with zero attached hydrogens (tertiary/aromatic N) is 1. The van der Waals surface area contributed by atoms with E-state index < -0.39 is 0 Å². The smallest absolute Gasteiger partial charge is 0.0991 e. The van der Waals surface area contributed by atoms with Crippen molar-refractivity contribution in [3.05, 3.63) is 245 Å². The van der Waals surface area contributed by atoms with Gasteiger partial charge in [0.15, 0.2) is 0 Å². The van der Waals surface area contributed by atoms with Crippen LogP contribution < -0.4 is 0 Å². The van der Waals surface area contributed by atoms with Gasteiger partial charge in [-0.3, -0.25) is 0 Å². The van der Waals surface area contributed by atoms with Crippen molar-refractivity contribution in [3.63, 3.8) is 0 Å². The Morgan fingerprint density at radius 1 is 0.475 bits per heavy atom. The van der Waals surface area contributed by atoms with Gasteiger partial charge in [-0.05, 0) is 157 Å². The summed E-state index contributed by atoms with van der Waals surface area (Å²) in [6.45, 7) is 6.85. The zero-order valence-corrected chi connectivity index (χ0v) is 37.2. The lowest BCUT2D eigenvalue weighted by molar-refractivity contribution is 0.332. The normalized spacial score (nSPS) is 21.2. The predicted molar refractivity (Wildman–Crippen MR) is 254 cm³/mol. The lowest BCUT2D eigenvalue weighted by Crippen LogP contribution is -2.52. The van der Waals surface area contributed by atoms with E-state index in [1.165, 1.54) is 109 Å². The second-order valence-corrected chi connectivity index (χ2v) is 20.4. The topological polar surface area (TPSA) is 23.8 Å². The first-order chi connectivity index (χ1) is 29.7. The number of hydrogen-bond donors (Lipinski definition) is 0. The highest BCUT2D eigenvalue weighted by Gasteiger charge is 2.70. The molecule has 5 atom stereocenters. The maximum atomic E-state index is 9.79. The fourth-order valence-electron chi connectivity index (χ4n) is 12.6. The van der Waals surface area contributed by atoms with E-state index in [4.69, 9.17) is 0 Å². The second-order valence-electron chi connectivity index (χ2n) is 18.8. The number of halogens is 2. The van der Waals surface area contributed by atoms with Crippen LogP contribution in [0.3, 0.4) is 0 Å². The van der Waals surface area contributed by atoms with Crippen LogP contribution in [0.5, 0.6) is 0 Å². The molecule has 8 aromatic carbocycles. The van der Waals surface area contributed by atoms with Gasteiger partial charge in [0, 0.05) is 38.0 Å². The molecule has 0 N–H and O–H groups in total. The van der Waals surface area contributed by atoms with E-state index in [1.54, 1.807) is 0 Å². The van der Waals surface area contributed by atoms with Gasteiger partial charge < -0.3 is 0 Å². The molecule has 0 radical (unpaired) electrons. The van der Waals surface area contributed by atoms with Crippen LogP contribution in [-0.2, 0) is 10.8 Å². The summed E-state index contributed by atoms with van der Waals surface area (Å²) >= 11 is 8.50. The quantitative estimate of drug-likeness (QED) is 0.173. The van der Waals surface area contributed by atoms with Gasteiger partial charge in [-0.25, -0.2) is 0 Å². The lowest BCUT2D eigenvalue weighted by atomic mass is 9.43. The molecule has 0 amide bonds. The minimum Gasteiger partial charge on any atom is -0.192 e. The zero-order valence-electron chi connectivity index (χ0n) is 34.0. The van der Waals surface area contributed by atoms with Crippen molar-refractivity contribution in [1.82, 2.24) is 0 Å². The Labute approximate surface area is 374 Å². The summed E-state index contributed by atoms with van der Waals surface area (Å²) in [5.74, 6) is 0.725. The molecule has 3 heteroatoms. The first kappa shape index (κ1) is 35.9. The molecule has 5 unspecified atom stereocenters. The van der Waals surface area contributed by atoms with Crippen LogP contribution in [-0.4, -0.2) is 0 Å². The van der Waals surface area contributed by atoms with Gasteiger partial charge in [0.2, 0.25) is 0 Å². The van der Waals surface area contributed by atoms with Crippen LogP contribution in [0.4, 0.5) is 0 Å². The molecule has 290 valence electrons. The Morgan fingerprint density at radius 3 is 1.66 bits per heavy atom. The standard InChI is InChI=1S/C58H39Br2N/c1-57(2,3)35-23-20-32(21-24-35)36-26-27-47(59)52-49-38-11-5-4-10-37(38)48(50(36)52)39-25-22-34(28-44(39)49)43-29-42(33-18-16-31(30-61)17-19-33)51-53(56(43)60)55-41-13-7-9-15-46(41)58(55)45-14-8-6-12-40(45)54(51)58/h4-29,48-49,54-55H,1-3H3. The molecule has 61 heavy (non-hydrogen) atoms. The largest absolute Gasteiger partial charge is 0.192 e. The van der Waals surface area contributed by atoms with E-state index in [2.05, 4.69) is 204 Å². The van der Waals surface area contributed by atoms with E-state index in [0.29, 0.717) is 5.56 Å². The summed E-state index contributed by atoms with van der Waals surface area (Å²) in [5, 5.41) is 9.79. The van der Waals surface area contributed by atoms with E-state index >= 15 is 0 Å². The SMILES string of the molecule is CC(C)(C)c1ccc(-c2ccc(Br)c3c2C2c4ccccc4C3c3cc(-c4cc(-c5ccc(C#N)cc5)c5c(c4Br)C4c6ccccc6C46c4ccccc4C56)ccc32)cc1. The summed E-state index contributed by atoms with van der Waals surface area (Å²) in [6, 6.07) is 61.7. The molecule has 1 spiro atoms. The van der Waals surface area contributed by atoms with Crippen molar-refractivity contribution in [2.45, 2.75) is 55.3 Å². The van der Waals surface area contributed by atoms with Gasteiger partial charge in [0.05, 0.1) is 11.6 Å². The van der Waals surface area contributed by atoms with Crippen molar-refractivity contribution in [1.29, 1.82) is 5.26 Å². The van der Waals surface area contributed by atoms with Gasteiger partial charge in [-0.1, -0.05) is 164 Å². The highest BCUT2D eigenvalue weighted by Crippen LogP contribution is 2.79. The van der Waals surface area contributed by atoms with Gasteiger partial charge >= 0.3 is 0 Å². The molecule has 6 aliphatic carbocycles. The highest BCUT2D eigenvalue weighted by atomic mass is 79.9. The number of hydrogen-bond acceptors (Lipinski definition) is 1. The number of rotatable bonds is 3. The lowest BCUT2D eigenvalue weighted by Gasteiger charge is -2.58. The molecule has 6 aliphatic rings. The van der Waals surface area contributed by atoms with Crippen LogP contribution in [0.15, 0.2) is 167 Å². The van der Waals surface area contributed by atoms with Crippen LogP contribution in [0.2, 0.25) is 0 Å². The third-order valence-electron chi connectivity index (χ3n) is 15.1. The fraction of sp³-hybridized carbons (Fsp3) is 0.155. The number of nitriles is 1. The summed E-state index contributed by atoms with van der Waals surface area (Å²) in [7, 11) is 0. The van der Waals surface area contributed by atoms with Crippen LogP contribution in [0, 0.1) is 11.3 Å². The minimum atomic E-state index is -0.0719. The molecule has 0 saturated carbocycles. The van der Waals surface area contributed by atoms with Crippen LogP contribution >= 0.6 is 31.9 Å². The molecule has 8 aromatic rings. The van der Waals surface area contributed by atoms with Crippen molar-refractivity contribution >= 4 is 31.9 Å².